The minimum Gasteiger partial charge on any atom is -0.381 e. The average molecular weight is 142 g/mol. The van der Waals surface area contributed by atoms with E-state index in [1.54, 1.807) is 0 Å². The summed E-state index contributed by atoms with van der Waals surface area (Å²) in [6.45, 7) is 2.07. The van der Waals surface area contributed by atoms with E-state index < -0.39 is 0 Å². The van der Waals surface area contributed by atoms with Gasteiger partial charge >= 0.3 is 0 Å². The summed E-state index contributed by atoms with van der Waals surface area (Å²) in [5.74, 6) is -0.537. The Bertz CT molecular complexity index is 132. The maximum atomic E-state index is 10.7. The Hall–Kier alpha value is -0.860. The second kappa shape index (κ2) is 4.97. The third kappa shape index (κ3) is 4.06. The maximum absolute atomic E-state index is 10.7. The zero-order chi connectivity index (χ0) is 7.98. The van der Waals surface area contributed by atoms with Gasteiger partial charge < -0.3 is 5.73 Å². The minimum atomic E-state index is -0.309. The molecule has 0 amide bonds. The molecule has 3 nitrogen and oxygen atoms in total. The zero-order valence-corrected chi connectivity index (χ0v) is 6.31. The highest BCUT2D eigenvalue weighted by Crippen LogP contribution is 1.98. The average Bonchev–Trinajstić information content (AvgIpc) is 1.88. The predicted octanol–water partition coefficient (Wildman–Crippen LogP) is 1.07. The molecule has 0 aromatic heterocycles. The Morgan fingerprint density at radius 2 is 2.10 bits per heavy atom. The van der Waals surface area contributed by atoms with Crippen molar-refractivity contribution in [2.75, 3.05) is 0 Å². The molecular formula is C7H14N2O. The summed E-state index contributed by atoms with van der Waals surface area (Å²) in [6.07, 6.45) is 3.42. The van der Waals surface area contributed by atoms with E-state index in [-0.39, 0.29) is 11.6 Å². The van der Waals surface area contributed by atoms with Crippen LogP contribution in [0.2, 0.25) is 0 Å². The quantitative estimate of drug-likeness (QED) is 0.342. The highest BCUT2D eigenvalue weighted by atomic mass is 16.1. The van der Waals surface area contributed by atoms with Crippen molar-refractivity contribution in [1.29, 1.82) is 5.41 Å². The largest absolute Gasteiger partial charge is 0.381 e. The van der Waals surface area contributed by atoms with Crippen LogP contribution in [0.4, 0.5) is 0 Å². The van der Waals surface area contributed by atoms with Crippen molar-refractivity contribution in [3.05, 3.63) is 0 Å². The molecule has 3 N–H and O–H groups in total. The van der Waals surface area contributed by atoms with Crippen LogP contribution >= 0.6 is 0 Å². The monoisotopic (exact) mass is 142 g/mol. The van der Waals surface area contributed by atoms with Crippen molar-refractivity contribution in [1.82, 2.24) is 0 Å². The molecule has 3 heteroatoms. The van der Waals surface area contributed by atoms with E-state index in [1.807, 2.05) is 0 Å². The lowest BCUT2D eigenvalue weighted by Gasteiger charge is -1.95. The number of rotatable bonds is 5. The molecule has 0 saturated carbocycles. The Labute approximate surface area is 61.1 Å². The molecule has 10 heavy (non-hydrogen) atoms. The van der Waals surface area contributed by atoms with Crippen molar-refractivity contribution >= 4 is 11.6 Å². The van der Waals surface area contributed by atoms with Gasteiger partial charge in [0.05, 0.1) is 0 Å². The van der Waals surface area contributed by atoms with Crippen molar-refractivity contribution < 1.29 is 4.79 Å². The normalized spacial score (nSPS) is 9.30. The minimum absolute atomic E-state index is 0.228. The van der Waals surface area contributed by atoms with Gasteiger partial charge in [0, 0.05) is 6.42 Å². The van der Waals surface area contributed by atoms with Gasteiger partial charge in [-0.1, -0.05) is 19.8 Å². The van der Waals surface area contributed by atoms with E-state index in [1.165, 1.54) is 0 Å². The fraction of sp³-hybridized carbons (Fsp3) is 0.714. The van der Waals surface area contributed by atoms with Crippen molar-refractivity contribution in [3.8, 4) is 0 Å². The van der Waals surface area contributed by atoms with Crippen LogP contribution < -0.4 is 5.73 Å². The Morgan fingerprint density at radius 3 is 2.50 bits per heavy atom. The number of nitrogens with one attached hydrogen (secondary N) is 1. The summed E-state index contributed by atoms with van der Waals surface area (Å²) in [5, 5.41) is 6.76. The van der Waals surface area contributed by atoms with E-state index in [2.05, 4.69) is 6.92 Å². The molecule has 0 rings (SSSR count). The van der Waals surface area contributed by atoms with Gasteiger partial charge in [0.15, 0.2) is 11.6 Å². The molecule has 58 valence electrons. The summed E-state index contributed by atoms with van der Waals surface area (Å²) in [6, 6.07) is 0. The summed E-state index contributed by atoms with van der Waals surface area (Å²) < 4.78 is 0. The molecule has 0 fully saturated rings. The molecule has 0 heterocycles. The third-order valence-electron chi connectivity index (χ3n) is 1.31. The number of carbonyl (C=O) groups is 1. The third-order valence-corrected chi connectivity index (χ3v) is 1.31. The lowest BCUT2D eigenvalue weighted by Crippen LogP contribution is -2.21. The number of carbonyl (C=O) groups excluding carboxylic acids is 1. The molecule has 0 spiro atoms. The van der Waals surface area contributed by atoms with Crippen LogP contribution in [0.1, 0.15) is 32.6 Å². The van der Waals surface area contributed by atoms with E-state index in [9.17, 15) is 4.79 Å². The summed E-state index contributed by atoms with van der Waals surface area (Å²) in [7, 11) is 0. The van der Waals surface area contributed by atoms with Gasteiger partial charge in [0.25, 0.3) is 0 Å². The molecule has 0 unspecified atom stereocenters. The van der Waals surface area contributed by atoms with Gasteiger partial charge in [0.1, 0.15) is 0 Å². The molecule has 0 bridgehead atoms. The van der Waals surface area contributed by atoms with Crippen LogP contribution in [0.5, 0.6) is 0 Å². The summed E-state index contributed by atoms with van der Waals surface area (Å²) in [5.41, 5.74) is 4.95. The standard InChI is InChI=1S/C7H14N2O/c1-2-3-4-5-6(10)7(8)9/h2-5H2,1H3,(H3,8,9). The first-order valence-corrected chi connectivity index (χ1v) is 3.55. The first-order valence-electron chi connectivity index (χ1n) is 3.55. The molecule has 0 aromatic rings. The fourth-order valence-electron chi connectivity index (χ4n) is 0.670. The highest BCUT2D eigenvalue weighted by Gasteiger charge is 2.02. The van der Waals surface area contributed by atoms with Crippen LogP contribution in [-0.2, 0) is 4.79 Å². The maximum Gasteiger partial charge on any atom is 0.196 e. The number of unbranched alkanes of at least 4 members (excludes halogenated alkanes) is 2. The Balaban J connectivity index is 3.31. The number of nitrogens with two attached hydrogens (primary N) is 1. The van der Waals surface area contributed by atoms with Crippen molar-refractivity contribution in [3.63, 3.8) is 0 Å². The number of ketones is 1. The summed E-state index contributed by atoms with van der Waals surface area (Å²) in [4.78, 5) is 10.7. The topological polar surface area (TPSA) is 66.9 Å². The molecular weight excluding hydrogens is 128 g/mol. The molecule has 0 aliphatic heterocycles. The van der Waals surface area contributed by atoms with Gasteiger partial charge in [-0.05, 0) is 6.42 Å². The zero-order valence-electron chi connectivity index (χ0n) is 6.31. The van der Waals surface area contributed by atoms with Crippen molar-refractivity contribution in [2.24, 2.45) is 5.73 Å². The van der Waals surface area contributed by atoms with Crippen LogP contribution in [0.25, 0.3) is 0 Å². The number of Topliss-reactive ketones (excluding diaryl/α,β-unsaturated/α-hetero) is 1. The van der Waals surface area contributed by atoms with Crippen LogP contribution in [0, 0.1) is 5.41 Å². The van der Waals surface area contributed by atoms with Crippen LogP contribution in [0.15, 0.2) is 0 Å². The van der Waals surface area contributed by atoms with Gasteiger partial charge in [-0.15, -0.1) is 0 Å². The number of hydrogen-bond acceptors (Lipinski definition) is 2. The van der Waals surface area contributed by atoms with Gasteiger partial charge in [-0.2, -0.15) is 0 Å². The van der Waals surface area contributed by atoms with E-state index in [0.29, 0.717) is 6.42 Å². The Morgan fingerprint density at radius 1 is 1.50 bits per heavy atom. The van der Waals surface area contributed by atoms with Gasteiger partial charge in [-0.25, -0.2) is 0 Å². The number of hydrogen-bond donors (Lipinski definition) is 2. The van der Waals surface area contributed by atoms with Crippen molar-refractivity contribution in [2.45, 2.75) is 32.6 Å². The Kier molecular flexibility index (Phi) is 4.54. The van der Waals surface area contributed by atoms with Crippen LogP contribution in [-0.4, -0.2) is 11.6 Å². The second-order valence-electron chi connectivity index (χ2n) is 2.29. The SMILES string of the molecule is CCCCCC(=O)C(=N)N. The summed E-state index contributed by atoms with van der Waals surface area (Å²) >= 11 is 0. The molecule has 0 aromatic carbocycles. The first-order chi connectivity index (χ1) is 4.68. The smallest absolute Gasteiger partial charge is 0.196 e. The van der Waals surface area contributed by atoms with Gasteiger partial charge in [-0.3, -0.25) is 10.2 Å². The van der Waals surface area contributed by atoms with E-state index in [0.717, 1.165) is 19.3 Å². The molecule has 0 aliphatic rings. The predicted molar refractivity (Wildman–Crippen MR) is 41.1 cm³/mol. The van der Waals surface area contributed by atoms with Crippen LogP contribution in [0.3, 0.4) is 0 Å². The molecule has 0 atom stereocenters. The van der Waals surface area contributed by atoms with E-state index >= 15 is 0 Å². The van der Waals surface area contributed by atoms with Gasteiger partial charge in [0.2, 0.25) is 0 Å². The molecule has 0 saturated heterocycles. The lowest BCUT2D eigenvalue weighted by molar-refractivity contribution is -0.113. The highest BCUT2D eigenvalue weighted by molar-refractivity contribution is 6.36. The molecule has 0 radical (unpaired) electrons. The first kappa shape index (κ1) is 9.14. The second-order valence-corrected chi connectivity index (χ2v) is 2.29. The lowest BCUT2D eigenvalue weighted by atomic mass is 10.1. The van der Waals surface area contributed by atoms with E-state index in [4.69, 9.17) is 11.1 Å². The fourth-order valence-corrected chi connectivity index (χ4v) is 0.670. The number of amidine groups is 1. The molecule has 0 aliphatic carbocycles.